The second kappa shape index (κ2) is 4.59. The van der Waals surface area contributed by atoms with Crippen molar-refractivity contribution in [1.29, 1.82) is 0 Å². The number of aryl methyl sites for hydroxylation is 2. The average Bonchev–Trinajstić information content (AvgIpc) is 2.17. The molecule has 0 N–H and O–H groups in total. The van der Waals surface area contributed by atoms with Crippen LogP contribution in [0.4, 0.5) is 4.39 Å². The Balaban J connectivity index is 3.25. The number of benzene rings is 1. The van der Waals surface area contributed by atoms with Crippen LogP contribution in [0.25, 0.3) is 0 Å². The fraction of sp³-hybridized carbons (Fsp3) is 0.538. The summed E-state index contributed by atoms with van der Waals surface area (Å²) in [5.41, 5.74) is 2.96. The number of halogens is 1. The van der Waals surface area contributed by atoms with Gasteiger partial charge in [-0.25, -0.2) is 4.39 Å². The van der Waals surface area contributed by atoms with Gasteiger partial charge < -0.3 is 0 Å². The number of hydrogen-bond donors (Lipinski definition) is 0. The van der Waals surface area contributed by atoms with Crippen LogP contribution >= 0.6 is 0 Å². The van der Waals surface area contributed by atoms with Crippen LogP contribution in [0.5, 0.6) is 0 Å². The summed E-state index contributed by atoms with van der Waals surface area (Å²) >= 11 is 0. The molecule has 1 rings (SSSR count). The second-order valence-corrected chi connectivity index (χ2v) is 4.01. The summed E-state index contributed by atoms with van der Waals surface area (Å²) in [6.45, 7) is 8.29. The molecule has 1 heteroatoms. The predicted octanol–water partition coefficient (Wildman–Crippen LogP) is 4.07. The topological polar surface area (TPSA) is 0 Å². The van der Waals surface area contributed by atoms with Gasteiger partial charge in [0.15, 0.2) is 0 Å². The minimum atomic E-state index is -0.000556. The summed E-state index contributed by atoms with van der Waals surface area (Å²) in [5.74, 6) is 0.477. The molecule has 14 heavy (non-hydrogen) atoms. The summed E-state index contributed by atoms with van der Waals surface area (Å²) in [7, 11) is 0. The van der Waals surface area contributed by atoms with Gasteiger partial charge in [-0.1, -0.05) is 39.8 Å². The zero-order valence-electron chi connectivity index (χ0n) is 9.52. The maximum atomic E-state index is 13.7. The highest BCUT2D eigenvalue weighted by molar-refractivity contribution is 5.33. The zero-order valence-corrected chi connectivity index (χ0v) is 9.52. The Hall–Kier alpha value is -0.850. The smallest absolute Gasteiger partial charge is 0.129 e. The monoisotopic (exact) mass is 194 g/mol. The van der Waals surface area contributed by atoms with Gasteiger partial charge >= 0.3 is 0 Å². The molecular formula is C13H19F. The van der Waals surface area contributed by atoms with Crippen LogP contribution in [-0.2, 0) is 12.8 Å². The molecule has 0 heterocycles. The Morgan fingerprint density at radius 2 is 1.50 bits per heavy atom. The van der Waals surface area contributed by atoms with Gasteiger partial charge in [0.1, 0.15) is 5.82 Å². The average molecular weight is 194 g/mol. The van der Waals surface area contributed by atoms with E-state index in [2.05, 4.69) is 13.8 Å². The molecule has 0 saturated carbocycles. The Kier molecular flexibility index (Phi) is 3.68. The van der Waals surface area contributed by atoms with Gasteiger partial charge in [-0.3, -0.25) is 0 Å². The lowest BCUT2D eigenvalue weighted by Crippen LogP contribution is -1.99. The number of hydrogen-bond acceptors (Lipinski definition) is 0. The van der Waals surface area contributed by atoms with E-state index in [0.29, 0.717) is 5.92 Å². The molecule has 0 spiro atoms. The van der Waals surface area contributed by atoms with Crippen LogP contribution in [0.1, 0.15) is 50.3 Å². The first kappa shape index (κ1) is 11.2. The highest BCUT2D eigenvalue weighted by Gasteiger charge is 2.09. The molecule has 0 aliphatic heterocycles. The fourth-order valence-corrected chi connectivity index (χ4v) is 1.62. The molecule has 0 aliphatic rings. The number of rotatable bonds is 3. The minimum Gasteiger partial charge on any atom is -0.206 e. The van der Waals surface area contributed by atoms with E-state index in [9.17, 15) is 4.39 Å². The molecule has 0 unspecified atom stereocenters. The molecule has 1 aromatic rings. The third kappa shape index (κ3) is 2.14. The summed E-state index contributed by atoms with van der Waals surface area (Å²) in [4.78, 5) is 0. The molecule has 1 aromatic carbocycles. The van der Waals surface area contributed by atoms with E-state index >= 15 is 0 Å². The maximum Gasteiger partial charge on any atom is 0.129 e. The lowest BCUT2D eigenvalue weighted by molar-refractivity contribution is 0.595. The van der Waals surface area contributed by atoms with Gasteiger partial charge in [-0.15, -0.1) is 0 Å². The molecule has 78 valence electrons. The Morgan fingerprint density at radius 3 is 1.79 bits per heavy atom. The van der Waals surface area contributed by atoms with Crippen molar-refractivity contribution >= 4 is 0 Å². The molecule has 0 aromatic heterocycles. The second-order valence-electron chi connectivity index (χ2n) is 4.01. The molecule has 0 atom stereocenters. The van der Waals surface area contributed by atoms with E-state index in [1.807, 2.05) is 26.0 Å². The minimum absolute atomic E-state index is 0.000556. The SMILES string of the molecule is CCc1cc(C(C)C)cc(CC)c1F. The van der Waals surface area contributed by atoms with E-state index in [4.69, 9.17) is 0 Å². The third-order valence-electron chi connectivity index (χ3n) is 2.67. The van der Waals surface area contributed by atoms with Crippen LogP contribution in [-0.4, -0.2) is 0 Å². The maximum absolute atomic E-state index is 13.7. The summed E-state index contributed by atoms with van der Waals surface area (Å²) in [6.07, 6.45) is 1.55. The molecular weight excluding hydrogens is 175 g/mol. The van der Waals surface area contributed by atoms with Crippen LogP contribution in [0.2, 0.25) is 0 Å². The van der Waals surface area contributed by atoms with Crippen LogP contribution in [0.3, 0.4) is 0 Å². The van der Waals surface area contributed by atoms with E-state index in [-0.39, 0.29) is 5.82 Å². The first-order valence-corrected chi connectivity index (χ1v) is 5.41. The van der Waals surface area contributed by atoms with E-state index in [1.165, 1.54) is 5.56 Å². The van der Waals surface area contributed by atoms with Crippen molar-refractivity contribution in [2.45, 2.75) is 46.5 Å². The van der Waals surface area contributed by atoms with Gasteiger partial charge in [0.25, 0.3) is 0 Å². The van der Waals surface area contributed by atoms with Crippen molar-refractivity contribution in [2.75, 3.05) is 0 Å². The summed E-state index contributed by atoms with van der Waals surface area (Å²) < 4.78 is 13.7. The molecule has 0 fully saturated rings. The van der Waals surface area contributed by atoms with E-state index < -0.39 is 0 Å². The van der Waals surface area contributed by atoms with Crippen LogP contribution in [0, 0.1) is 5.82 Å². The van der Waals surface area contributed by atoms with Crippen molar-refractivity contribution in [2.24, 2.45) is 0 Å². The highest BCUT2D eigenvalue weighted by Crippen LogP contribution is 2.22. The molecule has 0 amide bonds. The largest absolute Gasteiger partial charge is 0.206 e. The zero-order chi connectivity index (χ0) is 10.7. The summed E-state index contributed by atoms with van der Waals surface area (Å²) in [5, 5.41) is 0. The van der Waals surface area contributed by atoms with Gasteiger partial charge in [-0.05, 0) is 35.4 Å². The highest BCUT2D eigenvalue weighted by atomic mass is 19.1. The van der Waals surface area contributed by atoms with Gasteiger partial charge in [0, 0.05) is 0 Å². The van der Waals surface area contributed by atoms with Crippen LogP contribution < -0.4 is 0 Å². The van der Waals surface area contributed by atoms with Crippen LogP contribution in [0.15, 0.2) is 12.1 Å². The first-order valence-electron chi connectivity index (χ1n) is 5.41. The van der Waals surface area contributed by atoms with Crippen molar-refractivity contribution in [3.05, 3.63) is 34.6 Å². The first-order chi connectivity index (χ1) is 6.60. The van der Waals surface area contributed by atoms with Crippen molar-refractivity contribution < 1.29 is 4.39 Å². The predicted molar refractivity (Wildman–Crippen MR) is 59.2 cm³/mol. The molecule has 0 saturated heterocycles. The quantitative estimate of drug-likeness (QED) is 0.680. The fourth-order valence-electron chi connectivity index (χ4n) is 1.62. The standard InChI is InChI=1S/C13H19F/c1-5-10-7-12(9(3)4)8-11(6-2)13(10)14/h7-9H,5-6H2,1-4H3. The van der Waals surface area contributed by atoms with Gasteiger partial charge in [0.2, 0.25) is 0 Å². The molecule has 0 nitrogen and oxygen atoms in total. The van der Waals surface area contributed by atoms with Crippen molar-refractivity contribution in [3.63, 3.8) is 0 Å². The Bertz CT molecular complexity index is 288. The lowest BCUT2D eigenvalue weighted by Gasteiger charge is -2.12. The van der Waals surface area contributed by atoms with Gasteiger partial charge in [0.05, 0.1) is 0 Å². The van der Waals surface area contributed by atoms with Crippen molar-refractivity contribution in [1.82, 2.24) is 0 Å². The molecule has 0 radical (unpaired) electrons. The third-order valence-corrected chi connectivity index (χ3v) is 2.67. The Labute approximate surface area is 86.2 Å². The molecule has 0 aliphatic carbocycles. The van der Waals surface area contributed by atoms with Gasteiger partial charge in [-0.2, -0.15) is 0 Å². The normalized spacial score (nSPS) is 11.0. The summed E-state index contributed by atoms with van der Waals surface area (Å²) in [6, 6.07) is 4.00. The van der Waals surface area contributed by atoms with E-state index in [1.54, 1.807) is 0 Å². The lowest BCUT2D eigenvalue weighted by atomic mass is 9.95. The van der Waals surface area contributed by atoms with E-state index in [0.717, 1.165) is 24.0 Å². The Morgan fingerprint density at radius 1 is 1.07 bits per heavy atom. The molecule has 0 bridgehead atoms. The van der Waals surface area contributed by atoms with Crippen molar-refractivity contribution in [3.8, 4) is 0 Å².